The minimum absolute atomic E-state index is 0.00928. The standard InChI is InChI=1S/C36H40FN5O6/c1-22(2)16-28-34(45)41-30(36(47)42-15-14-38-33(44)21-42)18-24-8-11-26(12-9-24)48-31-19-25(10-13-27(31)37)20-32(43)39-29(35(46)40-28)17-23-6-4-3-5-7-23/h3-13,19,22,28-30H,14-18,20-21H2,1-2H3,(H,38,44)(H,39,43)(H,40,46)(H,41,45)/t28-,29+,30-/m0/s1. The lowest BCUT2D eigenvalue weighted by Crippen LogP contribution is -2.60. The molecule has 5 amide bonds. The van der Waals surface area contributed by atoms with Crippen molar-refractivity contribution in [3.05, 3.63) is 95.3 Å². The number of piperazine rings is 1. The van der Waals surface area contributed by atoms with Crippen molar-refractivity contribution in [2.45, 2.75) is 57.7 Å². The van der Waals surface area contributed by atoms with Gasteiger partial charge in [0.15, 0.2) is 11.6 Å². The van der Waals surface area contributed by atoms with Crippen molar-refractivity contribution < 1.29 is 33.1 Å². The average molecular weight is 658 g/mol. The van der Waals surface area contributed by atoms with Crippen LogP contribution < -0.4 is 26.0 Å². The third kappa shape index (κ3) is 9.18. The van der Waals surface area contributed by atoms with E-state index >= 15 is 0 Å². The van der Waals surface area contributed by atoms with E-state index < -0.39 is 47.6 Å². The zero-order valence-electron chi connectivity index (χ0n) is 27.0. The van der Waals surface area contributed by atoms with Gasteiger partial charge in [-0.25, -0.2) is 4.39 Å². The predicted molar refractivity (Wildman–Crippen MR) is 175 cm³/mol. The summed E-state index contributed by atoms with van der Waals surface area (Å²) in [5, 5.41) is 11.2. The highest BCUT2D eigenvalue weighted by Gasteiger charge is 2.33. The van der Waals surface area contributed by atoms with Gasteiger partial charge in [-0.15, -0.1) is 0 Å². The highest BCUT2D eigenvalue weighted by Crippen LogP contribution is 2.27. The Bertz CT molecular complexity index is 1650. The molecule has 0 saturated carbocycles. The molecule has 3 aromatic carbocycles. The highest BCUT2D eigenvalue weighted by molar-refractivity contribution is 5.95. The van der Waals surface area contributed by atoms with Crippen LogP contribution in [-0.4, -0.2) is 72.2 Å². The van der Waals surface area contributed by atoms with Gasteiger partial charge >= 0.3 is 0 Å². The summed E-state index contributed by atoms with van der Waals surface area (Å²) in [6, 6.07) is 16.8. The first-order chi connectivity index (χ1) is 23.0. The number of nitrogens with one attached hydrogen (secondary N) is 4. The summed E-state index contributed by atoms with van der Waals surface area (Å²) in [5.41, 5.74) is 1.94. The first-order valence-electron chi connectivity index (χ1n) is 16.1. The van der Waals surface area contributed by atoms with Gasteiger partial charge in [0, 0.05) is 25.9 Å². The van der Waals surface area contributed by atoms with Crippen LogP contribution in [0.5, 0.6) is 11.5 Å². The van der Waals surface area contributed by atoms with E-state index in [4.69, 9.17) is 4.74 Å². The summed E-state index contributed by atoms with van der Waals surface area (Å²) in [4.78, 5) is 68.3. The number of benzene rings is 3. The Kier molecular flexibility index (Phi) is 11.0. The molecule has 11 nitrogen and oxygen atoms in total. The normalized spacial score (nSPS) is 20.8. The van der Waals surface area contributed by atoms with Gasteiger partial charge < -0.3 is 30.9 Å². The maximum atomic E-state index is 14.8. The van der Waals surface area contributed by atoms with Crippen LogP contribution in [0.15, 0.2) is 72.8 Å². The van der Waals surface area contributed by atoms with Gasteiger partial charge in [0.05, 0.1) is 13.0 Å². The number of halogens is 1. The van der Waals surface area contributed by atoms with Crippen molar-refractivity contribution in [1.82, 2.24) is 26.2 Å². The van der Waals surface area contributed by atoms with E-state index in [1.807, 2.05) is 44.2 Å². The van der Waals surface area contributed by atoms with Gasteiger partial charge in [0.25, 0.3) is 0 Å². The van der Waals surface area contributed by atoms with Crippen LogP contribution in [0.2, 0.25) is 0 Å². The van der Waals surface area contributed by atoms with E-state index in [2.05, 4.69) is 21.3 Å². The van der Waals surface area contributed by atoms with Crippen LogP contribution in [0.25, 0.3) is 0 Å². The Morgan fingerprint density at radius 2 is 1.58 bits per heavy atom. The Morgan fingerprint density at radius 1 is 0.875 bits per heavy atom. The van der Waals surface area contributed by atoms with Crippen molar-refractivity contribution >= 4 is 29.5 Å². The fraction of sp³-hybridized carbons (Fsp3) is 0.361. The van der Waals surface area contributed by atoms with Crippen LogP contribution in [0, 0.1) is 11.7 Å². The third-order valence-electron chi connectivity index (χ3n) is 8.19. The van der Waals surface area contributed by atoms with E-state index in [1.165, 1.54) is 23.1 Å². The highest BCUT2D eigenvalue weighted by atomic mass is 19.1. The molecule has 0 radical (unpaired) electrons. The molecule has 1 fully saturated rings. The number of fused-ring (bicyclic) bond motifs is 12. The Labute approximate surface area is 278 Å². The van der Waals surface area contributed by atoms with Crippen LogP contribution in [0.4, 0.5) is 4.39 Å². The van der Waals surface area contributed by atoms with Crippen LogP contribution in [-0.2, 0) is 43.2 Å². The second-order valence-electron chi connectivity index (χ2n) is 12.6. The largest absolute Gasteiger partial charge is 0.454 e. The molecule has 6 rings (SSSR count). The summed E-state index contributed by atoms with van der Waals surface area (Å²) in [6.45, 7) is 4.24. The molecule has 3 aromatic rings. The van der Waals surface area contributed by atoms with Crippen LogP contribution in [0.3, 0.4) is 0 Å². The number of nitrogens with zero attached hydrogens (tertiary/aromatic N) is 1. The molecule has 0 aromatic heterocycles. The molecule has 12 heteroatoms. The smallest absolute Gasteiger partial charge is 0.246 e. The topological polar surface area (TPSA) is 146 Å². The molecule has 4 bridgehead atoms. The van der Waals surface area contributed by atoms with Crippen molar-refractivity contribution in [3.8, 4) is 11.5 Å². The predicted octanol–water partition coefficient (Wildman–Crippen LogP) is 2.42. The molecule has 3 aliphatic heterocycles. The van der Waals surface area contributed by atoms with Gasteiger partial charge in [0.1, 0.15) is 23.9 Å². The molecule has 48 heavy (non-hydrogen) atoms. The molecular formula is C36H40FN5O6. The monoisotopic (exact) mass is 657 g/mol. The SMILES string of the molecule is CC(C)C[C@@H]1NC(=O)[C@@H](Cc2ccccc2)NC(=O)Cc2ccc(F)c(c2)Oc2ccc(cc2)C[C@@H](C(=O)N2CCNC(=O)C2)NC1=O. The number of rotatable bonds is 5. The molecule has 3 atom stereocenters. The van der Waals surface area contributed by atoms with E-state index in [0.717, 1.165) is 5.56 Å². The molecule has 252 valence electrons. The first-order valence-corrected chi connectivity index (χ1v) is 16.1. The molecular weight excluding hydrogens is 617 g/mol. The van der Waals surface area contributed by atoms with E-state index in [0.29, 0.717) is 16.9 Å². The quantitative estimate of drug-likeness (QED) is 0.310. The summed E-state index contributed by atoms with van der Waals surface area (Å²) in [7, 11) is 0. The van der Waals surface area contributed by atoms with Gasteiger partial charge in [-0.1, -0.05) is 62.4 Å². The fourth-order valence-electron chi connectivity index (χ4n) is 5.78. The molecule has 0 aliphatic carbocycles. The second kappa shape index (κ2) is 15.6. The van der Waals surface area contributed by atoms with Crippen LogP contribution in [0.1, 0.15) is 37.0 Å². The molecule has 4 N–H and O–H groups in total. The minimum Gasteiger partial charge on any atom is -0.454 e. The number of carbonyl (C=O) groups is 5. The fourth-order valence-corrected chi connectivity index (χ4v) is 5.78. The van der Waals surface area contributed by atoms with Crippen molar-refractivity contribution in [2.75, 3.05) is 19.6 Å². The Morgan fingerprint density at radius 3 is 2.29 bits per heavy atom. The van der Waals surface area contributed by atoms with Gasteiger partial charge in [-0.2, -0.15) is 0 Å². The number of hydrogen-bond donors (Lipinski definition) is 4. The molecule has 3 aliphatic rings. The van der Waals surface area contributed by atoms with E-state index in [-0.39, 0.29) is 62.9 Å². The maximum Gasteiger partial charge on any atom is 0.246 e. The summed E-state index contributed by atoms with van der Waals surface area (Å²) in [6.07, 6.45) is 0.351. The molecule has 0 spiro atoms. The lowest BCUT2D eigenvalue weighted by atomic mass is 9.99. The maximum absolute atomic E-state index is 14.8. The third-order valence-corrected chi connectivity index (χ3v) is 8.19. The van der Waals surface area contributed by atoms with E-state index in [1.54, 1.807) is 24.3 Å². The average Bonchev–Trinajstić information content (AvgIpc) is 3.05. The van der Waals surface area contributed by atoms with Crippen molar-refractivity contribution in [1.29, 1.82) is 0 Å². The lowest BCUT2D eigenvalue weighted by molar-refractivity contribution is -0.141. The Balaban J connectivity index is 1.51. The summed E-state index contributed by atoms with van der Waals surface area (Å²) < 4.78 is 20.6. The minimum atomic E-state index is -1.06. The molecule has 1 saturated heterocycles. The van der Waals surface area contributed by atoms with Crippen molar-refractivity contribution in [2.24, 2.45) is 5.92 Å². The molecule has 3 heterocycles. The first kappa shape index (κ1) is 34.1. The summed E-state index contributed by atoms with van der Waals surface area (Å²) in [5.74, 6) is -2.73. The summed E-state index contributed by atoms with van der Waals surface area (Å²) >= 11 is 0. The van der Waals surface area contributed by atoms with Crippen LogP contribution >= 0.6 is 0 Å². The Hall–Kier alpha value is -5.26. The van der Waals surface area contributed by atoms with Gasteiger partial charge in [-0.05, 0) is 53.3 Å². The number of carbonyl (C=O) groups excluding carboxylic acids is 5. The zero-order valence-corrected chi connectivity index (χ0v) is 27.0. The second-order valence-corrected chi connectivity index (χ2v) is 12.6. The lowest BCUT2D eigenvalue weighted by Gasteiger charge is -2.32. The number of ether oxygens (including phenoxy) is 1. The molecule has 0 unspecified atom stereocenters. The number of amides is 5. The number of hydrogen-bond acceptors (Lipinski definition) is 6. The van der Waals surface area contributed by atoms with E-state index in [9.17, 15) is 28.4 Å². The van der Waals surface area contributed by atoms with Gasteiger partial charge in [-0.3, -0.25) is 24.0 Å². The van der Waals surface area contributed by atoms with Crippen molar-refractivity contribution in [3.63, 3.8) is 0 Å². The van der Waals surface area contributed by atoms with Gasteiger partial charge in [0.2, 0.25) is 29.5 Å². The zero-order chi connectivity index (χ0) is 34.2.